The average molecular weight is 389 g/mol. The van der Waals surface area contributed by atoms with Gasteiger partial charge in [-0.3, -0.25) is 0 Å². The summed E-state index contributed by atoms with van der Waals surface area (Å²) >= 11 is 6.23. The van der Waals surface area contributed by atoms with E-state index in [1.807, 2.05) is 30.3 Å². The number of aryl methyl sites for hydroxylation is 1. The largest absolute Gasteiger partial charge is 0.493 e. The van der Waals surface area contributed by atoms with Crippen LogP contribution in [0.15, 0.2) is 42.5 Å². The van der Waals surface area contributed by atoms with Gasteiger partial charge in [-0.2, -0.15) is 0 Å². The second-order valence-electron chi connectivity index (χ2n) is 7.11. The molecule has 4 nitrogen and oxygen atoms in total. The van der Waals surface area contributed by atoms with E-state index in [1.54, 1.807) is 7.11 Å². The van der Waals surface area contributed by atoms with E-state index in [-0.39, 0.29) is 0 Å². The molecule has 1 aliphatic heterocycles. The van der Waals surface area contributed by atoms with Gasteiger partial charge in [0.1, 0.15) is 6.61 Å². The van der Waals surface area contributed by atoms with Gasteiger partial charge in [0.2, 0.25) is 0 Å². The number of nitrogens with zero attached hydrogens (tertiary/aromatic N) is 2. The van der Waals surface area contributed by atoms with Crippen LogP contribution in [-0.2, 0) is 13.0 Å². The number of hydrogen-bond acceptors (Lipinski definition) is 4. The number of rotatable bonds is 8. The lowest BCUT2D eigenvalue weighted by Gasteiger charge is -2.32. The summed E-state index contributed by atoms with van der Waals surface area (Å²) in [5.74, 6) is 1.53. The van der Waals surface area contributed by atoms with Crippen molar-refractivity contribution in [1.82, 2.24) is 9.80 Å². The second kappa shape index (κ2) is 9.98. The number of methoxy groups -OCH3 is 1. The van der Waals surface area contributed by atoms with Crippen LogP contribution >= 0.6 is 11.6 Å². The zero-order chi connectivity index (χ0) is 19.1. The van der Waals surface area contributed by atoms with E-state index in [9.17, 15) is 0 Å². The fourth-order valence-electron chi connectivity index (χ4n) is 3.34. The zero-order valence-corrected chi connectivity index (χ0v) is 17.0. The number of hydrogen-bond donors (Lipinski definition) is 0. The predicted octanol–water partition coefficient (Wildman–Crippen LogP) is 4.11. The molecule has 1 heterocycles. The highest BCUT2D eigenvalue weighted by Crippen LogP contribution is 2.30. The molecular weight excluding hydrogens is 360 g/mol. The second-order valence-corrected chi connectivity index (χ2v) is 7.52. The molecule has 0 unspecified atom stereocenters. The monoisotopic (exact) mass is 388 g/mol. The van der Waals surface area contributed by atoms with Gasteiger partial charge >= 0.3 is 0 Å². The fourth-order valence-corrected chi connectivity index (χ4v) is 3.53. The van der Waals surface area contributed by atoms with Gasteiger partial charge in [-0.1, -0.05) is 35.9 Å². The molecular formula is C22H29ClN2O2. The van der Waals surface area contributed by atoms with Crippen molar-refractivity contribution in [3.63, 3.8) is 0 Å². The summed E-state index contributed by atoms with van der Waals surface area (Å²) < 4.78 is 11.5. The lowest BCUT2D eigenvalue weighted by Crippen LogP contribution is -2.44. The van der Waals surface area contributed by atoms with Gasteiger partial charge in [0.15, 0.2) is 11.5 Å². The summed E-state index contributed by atoms with van der Waals surface area (Å²) in [7, 11) is 3.86. The van der Waals surface area contributed by atoms with Crippen molar-refractivity contribution < 1.29 is 9.47 Å². The number of ether oxygens (including phenoxy) is 2. The summed E-state index contributed by atoms with van der Waals surface area (Å²) in [5, 5.41) is 0.722. The predicted molar refractivity (Wildman–Crippen MR) is 111 cm³/mol. The third-order valence-electron chi connectivity index (χ3n) is 5.10. The minimum Gasteiger partial charge on any atom is -0.493 e. The Morgan fingerprint density at radius 1 is 1.00 bits per heavy atom. The van der Waals surface area contributed by atoms with Crippen molar-refractivity contribution >= 4 is 11.6 Å². The third-order valence-corrected chi connectivity index (χ3v) is 5.47. The first-order valence-corrected chi connectivity index (χ1v) is 9.97. The fraction of sp³-hybridized carbons (Fsp3) is 0.455. The first-order chi connectivity index (χ1) is 13.2. The summed E-state index contributed by atoms with van der Waals surface area (Å²) in [5.41, 5.74) is 2.25. The molecule has 1 aliphatic rings. The Kier molecular flexibility index (Phi) is 7.39. The molecule has 0 N–H and O–H groups in total. The van der Waals surface area contributed by atoms with Crippen LogP contribution in [0, 0.1) is 0 Å². The van der Waals surface area contributed by atoms with Gasteiger partial charge in [0.25, 0.3) is 0 Å². The number of likely N-dealkylation sites (N-methyl/N-ethyl adjacent to an activating group) is 1. The Bertz CT molecular complexity index is 730. The van der Waals surface area contributed by atoms with E-state index < -0.39 is 0 Å². The molecule has 0 amide bonds. The summed E-state index contributed by atoms with van der Waals surface area (Å²) in [4.78, 5) is 4.95. The quantitative estimate of drug-likeness (QED) is 0.679. The molecule has 1 saturated heterocycles. The molecule has 2 aromatic carbocycles. The minimum atomic E-state index is 0.431. The molecule has 0 radical (unpaired) electrons. The van der Waals surface area contributed by atoms with Gasteiger partial charge in [0, 0.05) is 36.8 Å². The lowest BCUT2D eigenvalue weighted by atomic mass is 10.1. The number of piperazine rings is 1. The summed E-state index contributed by atoms with van der Waals surface area (Å²) in [6.45, 7) is 6.26. The summed E-state index contributed by atoms with van der Waals surface area (Å²) in [6.07, 6.45) is 2.19. The summed E-state index contributed by atoms with van der Waals surface area (Å²) in [6, 6.07) is 14.0. The van der Waals surface area contributed by atoms with Crippen LogP contribution in [0.4, 0.5) is 0 Å². The topological polar surface area (TPSA) is 24.9 Å². The number of benzene rings is 2. The van der Waals surface area contributed by atoms with Gasteiger partial charge in [-0.15, -0.1) is 0 Å². The molecule has 0 atom stereocenters. The lowest BCUT2D eigenvalue weighted by molar-refractivity contribution is 0.153. The zero-order valence-electron chi connectivity index (χ0n) is 16.3. The Morgan fingerprint density at radius 3 is 2.52 bits per heavy atom. The Balaban J connectivity index is 1.55. The van der Waals surface area contributed by atoms with E-state index in [2.05, 4.69) is 29.0 Å². The molecule has 0 saturated carbocycles. The maximum atomic E-state index is 6.23. The smallest absolute Gasteiger partial charge is 0.161 e. The van der Waals surface area contributed by atoms with Crippen LogP contribution in [-0.4, -0.2) is 56.7 Å². The molecule has 5 heteroatoms. The van der Waals surface area contributed by atoms with Crippen LogP contribution in [0.25, 0.3) is 0 Å². The van der Waals surface area contributed by atoms with E-state index in [0.717, 1.165) is 41.5 Å². The third kappa shape index (κ3) is 5.86. The van der Waals surface area contributed by atoms with Crippen molar-refractivity contribution in [2.24, 2.45) is 0 Å². The highest BCUT2D eigenvalue weighted by Gasteiger charge is 2.13. The molecule has 27 heavy (non-hydrogen) atoms. The van der Waals surface area contributed by atoms with Gasteiger partial charge in [0.05, 0.1) is 7.11 Å². The van der Waals surface area contributed by atoms with Crippen molar-refractivity contribution in [3.8, 4) is 11.5 Å². The van der Waals surface area contributed by atoms with Crippen LogP contribution in [0.3, 0.4) is 0 Å². The van der Waals surface area contributed by atoms with E-state index in [1.165, 1.54) is 31.7 Å². The standard InChI is InChI=1S/C22H29ClN2O2/c1-24-12-14-25(15-13-24)11-5-6-18-9-10-21(26-2)22(16-18)27-17-19-7-3-4-8-20(19)23/h3-4,7-10,16H,5-6,11-15,17H2,1-2H3. The highest BCUT2D eigenvalue weighted by atomic mass is 35.5. The van der Waals surface area contributed by atoms with Crippen LogP contribution < -0.4 is 9.47 Å². The first-order valence-electron chi connectivity index (χ1n) is 9.59. The molecule has 0 aromatic heterocycles. The molecule has 146 valence electrons. The van der Waals surface area contributed by atoms with Crippen LogP contribution in [0.5, 0.6) is 11.5 Å². The van der Waals surface area contributed by atoms with E-state index >= 15 is 0 Å². The minimum absolute atomic E-state index is 0.431. The van der Waals surface area contributed by atoms with Gasteiger partial charge in [-0.05, 0) is 50.2 Å². The average Bonchev–Trinajstić information content (AvgIpc) is 2.69. The maximum absolute atomic E-state index is 6.23. The Labute approximate surface area is 167 Å². The van der Waals surface area contributed by atoms with Crippen molar-refractivity contribution in [1.29, 1.82) is 0 Å². The normalized spacial score (nSPS) is 15.7. The van der Waals surface area contributed by atoms with E-state index in [0.29, 0.717) is 6.61 Å². The van der Waals surface area contributed by atoms with Crippen molar-refractivity contribution in [3.05, 3.63) is 58.6 Å². The molecule has 2 aromatic rings. The van der Waals surface area contributed by atoms with Gasteiger partial charge in [-0.25, -0.2) is 0 Å². The SMILES string of the molecule is COc1ccc(CCCN2CCN(C)CC2)cc1OCc1ccccc1Cl. The number of halogens is 1. The highest BCUT2D eigenvalue weighted by molar-refractivity contribution is 6.31. The molecule has 0 spiro atoms. The van der Waals surface area contributed by atoms with Crippen LogP contribution in [0.2, 0.25) is 5.02 Å². The van der Waals surface area contributed by atoms with E-state index in [4.69, 9.17) is 21.1 Å². The van der Waals surface area contributed by atoms with Crippen molar-refractivity contribution in [2.75, 3.05) is 46.9 Å². The maximum Gasteiger partial charge on any atom is 0.161 e. The Morgan fingerprint density at radius 2 is 1.78 bits per heavy atom. The first kappa shape index (κ1) is 20.0. The van der Waals surface area contributed by atoms with Gasteiger partial charge < -0.3 is 19.3 Å². The molecule has 0 aliphatic carbocycles. The Hall–Kier alpha value is -1.75. The molecule has 1 fully saturated rings. The van der Waals surface area contributed by atoms with Crippen LogP contribution in [0.1, 0.15) is 17.5 Å². The molecule has 0 bridgehead atoms. The van der Waals surface area contributed by atoms with Crippen molar-refractivity contribution in [2.45, 2.75) is 19.4 Å². The molecule has 3 rings (SSSR count).